The summed E-state index contributed by atoms with van der Waals surface area (Å²) in [6.45, 7) is 4.06. The zero-order valence-electron chi connectivity index (χ0n) is 9.41. The monoisotopic (exact) mass is 266 g/mol. The lowest BCUT2D eigenvalue weighted by atomic mass is 10.4. The van der Waals surface area contributed by atoms with Gasteiger partial charge in [-0.25, -0.2) is 0 Å². The van der Waals surface area contributed by atoms with Gasteiger partial charge >= 0.3 is 0 Å². The molecule has 0 saturated carbocycles. The highest BCUT2D eigenvalue weighted by Gasteiger charge is 2.17. The Hall–Kier alpha value is -1.41. The summed E-state index contributed by atoms with van der Waals surface area (Å²) in [5, 5.41) is 17.9. The second-order valence-electron chi connectivity index (χ2n) is 3.65. The second-order valence-corrected chi connectivity index (χ2v) is 5.45. The molecule has 3 heterocycles. The minimum Gasteiger partial charge on any atom is -0.182 e. The maximum absolute atomic E-state index is 4.52. The molecule has 6 nitrogen and oxygen atoms in total. The highest BCUT2D eigenvalue weighted by Crippen LogP contribution is 2.26. The Morgan fingerprint density at radius 1 is 1.24 bits per heavy atom. The van der Waals surface area contributed by atoms with Gasteiger partial charge in [-0.1, -0.05) is 22.7 Å². The first-order valence-electron chi connectivity index (χ1n) is 5.30. The Morgan fingerprint density at radius 2 is 2.12 bits per heavy atom. The van der Waals surface area contributed by atoms with Crippen molar-refractivity contribution in [1.82, 2.24) is 29.4 Å². The van der Waals surface area contributed by atoms with Gasteiger partial charge in [0, 0.05) is 6.42 Å². The molecule has 3 rings (SSSR count). The molecule has 0 spiro atoms. The fraction of sp³-hybridized carbons (Fsp3) is 0.444. The number of hydrogen-bond acceptors (Lipinski definition) is 7. The Labute approximate surface area is 105 Å². The second kappa shape index (κ2) is 4.11. The molecule has 8 heteroatoms. The normalized spacial score (nSPS) is 11.4. The minimum atomic E-state index is 0.742. The highest BCUT2D eigenvalue weighted by molar-refractivity contribution is 7.16. The van der Waals surface area contributed by atoms with Crippen LogP contribution in [0.25, 0.3) is 15.7 Å². The molecule has 0 unspecified atom stereocenters. The van der Waals surface area contributed by atoms with E-state index in [1.165, 1.54) is 11.5 Å². The van der Waals surface area contributed by atoms with Crippen molar-refractivity contribution in [2.45, 2.75) is 26.7 Å². The first kappa shape index (κ1) is 10.7. The maximum atomic E-state index is 4.52. The molecular formula is C9H10N6S2. The van der Waals surface area contributed by atoms with E-state index in [9.17, 15) is 0 Å². The molecule has 88 valence electrons. The van der Waals surface area contributed by atoms with Gasteiger partial charge in [-0.05, 0) is 24.9 Å². The molecule has 17 heavy (non-hydrogen) atoms. The fourth-order valence-corrected chi connectivity index (χ4v) is 3.11. The van der Waals surface area contributed by atoms with E-state index < -0.39 is 0 Å². The van der Waals surface area contributed by atoms with Crippen LogP contribution in [0.4, 0.5) is 0 Å². The summed E-state index contributed by atoms with van der Waals surface area (Å²) in [5.74, 6) is 0.742. The van der Waals surface area contributed by atoms with Crippen LogP contribution in [0.2, 0.25) is 0 Å². The summed E-state index contributed by atoms with van der Waals surface area (Å²) < 4.78 is 5.70. The summed E-state index contributed by atoms with van der Waals surface area (Å²) in [6, 6.07) is 0. The molecule has 3 aromatic rings. The standard InChI is InChI=1S/C9H10N6S2/c1-3-4-6-13-15-8(11-12-9(15)16-6)7-5(2)10-14-17-7/h3-4H2,1-2H3. The third kappa shape index (κ3) is 1.73. The van der Waals surface area contributed by atoms with E-state index in [1.54, 1.807) is 15.9 Å². The van der Waals surface area contributed by atoms with Gasteiger partial charge in [0.25, 0.3) is 0 Å². The first-order chi connectivity index (χ1) is 8.29. The summed E-state index contributed by atoms with van der Waals surface area (Å²) in [5.41, 5.74) is 0.870. The molecule has 0 N–H and O–H groups in total. The van der Waals surface area contributed by atoms with Crippen molar-refractivity contribution >= 4 is 27.8 Å². The molecule has 0 aromatic carbocycles. The fourth-order valence-electron chi connectivity index (χ4n) is 1.55. The van der Waals surface area contributed by atoms with Crippen LogP contribution in [0.15, 0.2) is 0 Å². The Kier molecular flexibility index (Phi) is 2.60. The van der Waals surface area contributed by atoms with Crippen molar-refractivity contribution in [1.29, 1.82) is 0 Å². The van der Waals surface area contributed by atoms with E-state index in [1.807, 2.05) is 6.92 Å². The van der Waals surface area contributed by atoms with Gasteiger partial charge < -0.3 is 0 Å². The van der Waals surface area contributed by atoms with Crippen molar-refractivity contribution in [3.63, 3.8) is 0 Å². The molecule has 3 aromatic heterocycles. The van der Waals surface area contributed by atoms with Crippen molar-refractivity contribution in [2.75, 3.05) is 0 Å². The predicted octanol–water partition coefficient (Wildman–Crippen LogP) is 1.97. The first-order valence-corrected chi connectivity index (χ1v) is 6.89. The predicted molar refractivity (Wildman–Crippen MR) is 66.3 cm³/mol. The number of fused-ring (bicyclic) bond motifs is 1. The van der Waals surface area contributed by atoms with Crippen LogP contribution in [0.5, 0.6) is 0 Å². The lowest BCUT2D eigenvalue weighted by Crippen LogP contribution is -1.92. The SMILES string of the molecule is CCCc1nn2c(-c3snnc3C)nnc2s1. The lowest BCUT2D eigenvalue weighted by Gasteiger charge is -1.91. The topological polar surface area (TPSA) is 68.9 Å². The van der Waals surface area contributed by atoms with E-state index >= 15 is 0 Å². The van der Waals surface area contributed by atoms with Crippen LogP contribution < -0.4 is 0 Å². The van der Waals surface area contributed by atoms with Gasteiger partial charge in [-0.15, -0.1) is 15.3 Å². The van der Waals surface area contributed by atoms with Crippen LogP contribution >= 0.6 is 22.9 Å². The number of aromatic nitrogens is 6. The molecule has 0 saturated heterocycles. The smallest absolute Gasteiger partial charge is 0.182 e. The van der Waals surface area contributed by atoms with Crippen molar-refractivity contribution in [3.8, 4) is 10.7 Å². The summed E-state index contributed by atoms with van der Waals surface area (Å²) in [7, 11) is 0. The van der Waals surface area contributed by atoms with Gasteiger partial charge in [0.15, 0.2) is 5.82 Å². The van der Waals surface area contributed by atoms with Gasteiger partial charge in [-0.3, -0.25) is 0 Å². The van der Waals surface area contributed by atoms with Crippen LogP contribution in [0, 0.1) is 6.92 Å². The van der Waals surface area contributed by atoms with Crippen LogP contribution in [-0.4, -0.2) is 29.4 Å². The van der Waals surface area contributed by atoms with Crippen molar-refractivity contribution in [3.05, 3.63) is 10.7 Å². The average molecular weight is 266 g/mol. The van der Waals surface area contributed by atoms with Crippen molar-refractivity contribution in [2.24, 2.45) is 0 Å². The number of rotatable bonds is 3. The molecule has 0 aliphatic heterocycles. The van der Waals surface area contributed by atoms with Gasteiger partial charge in [0.1, 0.15) is 9.88 Å². The zero-order valence-corrected chi connectivity index (χ0v) is 11.0. The minimum absolute atomic E-state index is 0.742. The summed E-state index contributed by atoms with van der Waals surface area (Å²) in [4.78, 5) is 1.77. The highest BCUT2D eigenvalue weighted by atomic mass is 32.1. The van der Waals surface area contributed by atoms with Gasteiger partial charge in [-0.2, -0.15) is 9.61 Å². The third-order valence-corrected chi connectivity index (χ3v) is 4.13. The summed E-state index contributed by atoms with van der Waals surface area (Å²) in [6.07, 6.45) is 2.06. The van der Waals surface area contributed by atoms with E-state index in [0.29, 0.717) is 0 Å². The van der Waals surface area contributed by atoms with Crippen LogP contribution in [0.3, 0.4) is 0 Å². The van der Waals surface area contributed by atoms with Crippen molar-refractivity contribution < 1.29 is 0 Å². The van der Waals surface area contributed by atoms with E-state index in [-0.39, 0.29) is 0 Å². The maximum Gasteiger partial charge on any atom is 0.234 e. The van der Waals surface area contributed by atoms with E-state index in [0.717, 1.165) is 39.2 Å². The Morgan fingerprint density at radius 3 is 2.82 bits per heavy atom. The molecule has 0 atom stereocenters. The molecule has 0 fully saturated rings. The number of nitrogens with zero attached hydrogens (tertiary/aromatic N) is 6. The number of hydrogen-bond donors (Lipinski definition) is 0. The molecule has 0 aliphatic carbocycles. The molecule has 0 amide bonds. The molecule has 0 radical (unpaired) electrons. The van der Waals surface area contributed by atoms with Gasteiger partial charge in [0.05, 0.1) is 5.69 Å². The zero-order chi connectivity index (χ0) is 11.8. The third-order valence-electron chi connectivity index (χ3n) is 2.35. The Bertz CT molecular complexity index is 651. The Balaban J connectivity index is 2.14. The molecule has 0 bridgehead atoms. The quantitative estimate of drug-likeness (QED) is 0.725. The molecular weight excluding hydrogens is 256 g/mol. The van der Waals surface area contributed by atoms with E-state index in [4.69, 9.17) is 0 Å². The summed E-state index contributed by atoms with van der Waals surface area (Å²) >= 11 is 2.91. The lowest BCUT2D eigenvalue weighted by molar-refractivity contribution is 0.848. The van der Waals surface area contributed by atoms with Crippen LogP contribution in [0.1, 0.15) is 24.0 Å². The van der Waals surface area contributed by atoms with Crippen LogP contribution in [-0.2, 0) is 6.42 Å². The number of aryl methyl sites for hydroxylation is 2. The van der Waals surface area contributed by atoms with E-state index in [2.05, 4.69) is 31.8 Å². The van der Waals surface area contributed by atoms with Gasteiger partial charge in [0.2, 0.25) is 4.96 Å². The molecule has 0 aliphatic rings. The largest absolute Gasteiger partial charge is 0.234 e. The average Bonchev–Trinajstić information content (AvgIpc) is 2.94.